The van der Waals surface area contributed by atoms with Crippen molar-refractivity contribution in [3.63, 3.8) is 0 Å². The van der Waals surface area contributed by atoms with E-state index < -0.39 is 0 Å². The SMILES string of the molecule is CC(N)c1cnc(-c2ccn(C)n2)[nH]1. The average Bonchev–Trinajstić information content (AvgIpc) is 2.70. The molecule has 0 aliphatic carbocycles. The molecule has 0 fully saturated rings. The molecule has 74 valence electrons. The highest BCUT2D eigenvalue weighted by atomic mass is 15.3. The lowest BCUT2D eigenvalue weighted by molar-refractivity contribution is 0.767. The van der Waals surface area contributed by atoms with Crippen LogP contribution in [0.5, 0.6) is 0 Å². The number of aromatic nitrogens is 4. The van der Waals surface area contributed by atoms with Crippen LogP contribution in [0.25, 0.3) is 11.5 Å². The molecule has 5 nitrogen and oxygen atoms in total. The zero-order chi connectivity index (χ0) is 10.1. The fraction of sp³-hybridized carbons (Fsp3) is 0.333. The Balaban J connectivity index is 2.33. The summed E-state index contributed by atoms with van der Waals surface area (Å²) in [7, 11) is 1.87. The van der Waals surface area contributed by atoms with E-state index in [1.807, 2.05) is 26.2 Å². The van der Waals surface area contributed by atoms with Gasteiger partial charge in [0.05, 0.1) is 11.9 Å². The third-order valence-electron chi connectivity index (χ3n) is 2.04. The minimum absolute atomic E-state index is 0.0278. The molecule has 5 heteroatoms. The van der Waals surface area contributed by atoms with Crippen LogP contribution >= 0.6 is 0 Å². The van der Waals surface area contributed by atoms with Gasteiger partial charge in [0.1, 0.15) is 5.69 Å². The van der Waals surface area contributed by atoms with E-state index in [9.17, 15) is 0 Å². The zero-order valence-electron chi connectivity index (χ0n) is 8.23. The Hall–Kier alpha value is -1.62. The van der Waals surface area contributed by atoms with Gasteiger partial charge in [-0.15, -0.1) is 0 Å². The number of aryl methyl sites for hydroxylation is 1. The van der Waals surface area contributed by atoms with E-state index in [2.05, 4.69) is 15.1 Å². The molecule has 2 heterocycles. The zero-order valence-corrected chi connectivity index (χ0v) is 8.23. The first-order chi connectivity index (χ1) is 6.66. The van der Waals surface area contributed by atoms with E-state index in [1.165, 1.54) is 0 Å². The van der Waals surface area contributed by atoms with Crippen LogP contribution in [0.15, 0.2) is 18.5 Å². The second kappa shape index (κ2) is 3.26. The molecule has 0 aliphatic rings. The summed E-state index contributed by atoms with van der Waals surface area (Å²) in [5.41, 5.74) is 7.47. The lowest BCUT2D eigenvalue weighted by Crippen LogP contribution is -2.04. The summed E-state index contributed by atoms with van der Waals surface area (Å²) < 4.78 is 1.74. The van der Waals surface area contributed by atoms with Gasteiger partial charge in [0.15, 0.2) is 5.82 Å². The molecule has 2 aromatic heterocycles. The topological polar surface area (TPSA) is 72.5 Å². The van der Waals surface area contributed by atoms with Gasteiger partial charge in [-0.1, -0.05) is 0 Å². The second-order valence-electron chi connectivity index (χ2n) is 3.35. The standard InChI is InChI=1S/C9H13N5/c1-6(10)8-5-11-9(12-8)7-3-4-14(2)13-7/h3-6H,10H2,1-2H3,(H,11,12). The van der Waals surface area contributed by atoms with Gasteiger partial charge in [-0.3, -0.25) is 4.68 Å². The summed E-state index contributed by atoms with van der Waals surface area (Å²) in [5.74, 6) is 0.762. The van der Waals surface area contributed by atoms with E-state index in [4.69, 9.17) is 5.73 Å². The molecule has 2 rings (SSSR count). The summed E-state index contributed by atoms with van der Waals surface area (Å²) in [6.45, 7) is 1.91. The van der Waals surface area contributed by atoms with Gasteiger partial charge < -0.3 is 10.7 Å². The lowest BCUT2D eigenvalue weighted by atomic mass is 10.3. The van der Waals surface area contributed by atoms with E-state index >= 15 is 0 Å². The summed E-state index contributed by atoms with van der Waals surface area (Å²) in [6.07, 6.45) is 3.62. The van der Waals surface area contributed by atoms with Crippen molar-refractivity contribution in [1.29, 1.82) is 0 Å². The van der Waals surface area contributed by atoms with Crippen LogP contribution in [0.3, 0.4) is 0 Å². The van der Waals surface area contributed by atoms with Gasteiger partial charge in [0.25, 0.3) is 0 Å². The number of aromatic amines is 1. The largest absolute Gasteiger partial charge is 0.339 e. The van der Waals surface area contributed by atoms with Gasteiger partial charge in [-0.2, -0.15) is 5.10 Å². The Morgan fingerprint density at radius 2 is 2.36 bits per heavy atom. The third kappa shape index (κ3) is 1.54. The highest BCUT2D eigenvalue weighted by Crippen LogP contribution is 2.14. The van der Waals surface area contributed by atoms with Crippen molar-refractivity contribution in [3.05, 3.63) is 24.2 Å². The number of rotatable bonds is 2. The maximum Gasteiger partial charge on any atom is 0.158 e. The molecule has 0 aliphatic heterocycles. The molecule has 3 N–H and O–H groups in total. The number of hydrogen-bond donors (Lipinski definition) is 2. The van der Waals surface area contributed by atoms with E-state index in [-0.39, 0.29) is 6.04 Å². The van der Waals surface area contributed by atoms with Crippen molar-refractivity contribution in [3.8, 4) is 11.5 Å². The fourth-order valence-corrected chi connectivity index (χ4v) is 1.24. The monoisotopic (exact) mass is 191 g/mol. The molecule has 0 radical (unpaired) electrons. The molecule has 1 atom stereocenters. The Morgan fingerprint density at radius 1 is 1.57 bits per heavy atom. The van der Waals surface area contributed by atoms with Crippen LogP contribution in [0.1, 0.15) is 18.7 Å². The van der Waals surface area contributed by atoms with E-state index in [0.717, 1.165) is 17.2 Å². The molecule has 0 amide bonds. The van der Waals surface area contributed by atoms with Gasteiger partial charge in [0.2, 0.25) is 0 Å². The molecule has 0 saturated heterocycles. The minimum atomic E-state index is -0.0278. The Kier molecular flexibility index (Phi) is 2.09. The Labute approximate surface area is 82.0 Å². The van der Waals surface area contributed by atoms with Crippen molar-refractivity contribution in [2.24, 2.45) is 12.8 Å². The Morgan fingerprint density at radius 3 is 2.86 bits per heavy atom. The maximum absolute atomic E-state index is 5.71. The Bertz CT molecular complexity index is 426. The van der Waals surface area contributed by atoms with Crippen LogP contribution < -0.4 is 5.73 Å². The molecule has 0 saturated carbocycles. The van der Waals surface area contributed by atoms with Gasteiger partial charge in [-0.25, -0.2) is 4.98 Å². The van der Waals surface area contributed by atoms with Crippen LogP contribution in [-0.2, 0) is 7.05 Å². The number of nitrogens with two attached hydrogens (primary N) is 1. The molecular formula is C9H13N5. The first-order valence-corrected chi connectivity index (χ1v) is 4.47. The van der Waals surface area contributed by atoms with E-state index in [1.54, 1.807) is 10.9 Å². The van der Waals surface area contributed by atoms with E-state index in [0.29, 0.717) is 0 Å². The number of H-pyrrole nitrogens is 1. The minimum Gasteiger partial charge on any atom is -0.339 e. The predicted octanol–water partition coefficient (Wildman–Crippen LogP) is 0.830. The number of nitrogens with one attached hydrogen (secondary N) is 1. The molecule has 0 bridgehead atoms. The van der Waals surface area contributed by atoms with Gasteiger partial charge in [0, 0.05) is 19.3 Å². The quantitative estimate of drug-likeness (QED) is 0.738. The van der Waals surface area contributed by atoms with Crippen molar-refractivity contribution in [2.45, 2.75) is 13.0 Å². The fourth-order valence-electron chi connectivity index (χ4n) is 1.24. The molecule has 0 spiro atoms. The van der Waals surface area contributed by atoms with Crippen molar-refractivity contribution < 1.29 is 0 Å². The number of nitrogens with zero attached hydrogens (tertiary/aromatic N) is 3. The summed E-state index contributed by atoms with van der Waals surface area (Å²) in [4.78, 5) is 7.34. The number of hydrogen-bond acceptors (Lipinski definition) is 3. The summed E-state index contributed by atoms with van der Waals surface area (Å²) in [5, 5.41) is 4.24. The van der Waals surface area contributed by atoms with Gasteiger partial charge in [-0.05, 0) is 13.0 Å². The highest BCUT2D eigenvalue weighted by molar-refractivity contribution is 5.48. The molecule has 2 aromatic rings. The third-order valence-corrected chi connectivity index (χ3v) is 2.04. The molecular weight excluding hydrogens is 178 g/mol. The van der Waals surface area contributed by atoms with Crippen LogP contribution in [0.2, 0.25) is 0 Å². The normalized spacial score (nSPS) is 13.1. The van der Waals surface area contributed by atoms with Gasteiger partial charge >= 0.3 is 0 Å². The maximum atomic E-state index is 5.71. The van der Waals surface area contributed by atoms with Crippen molar-refractivity contribution in [1.82, 2.24) is 19.7 Å². The summed E-state index contributed by atoms with van der Waals surface area (Å²) >= 11 is 0. The van der Waals surface area contributed by atoms with Crippen LogP contribution in [-0.4, -0.2) is 19.7 Å². The summed E-state index contributed by atoms with van der Waals surface area (Å²) in [6, 6.07) is 1.88. The lowest BCUT2D eigenvalue weighted by Gasteiger charge is -1.98. The first-order valence-electron chi connectivity index (χ1n) is 4.47. The molecule has 1 unspecified atom stereocenters. The molecule has 14 heavy (non-hydrogen) atoms. The van der Waals surface area contributed by atoms with Crippen molar-refractivity contribution in [2.75, 3.05) is 0 Å². The van der Waals surface area contributed by atoms with Crippen LogP contribution in [0.4, 0.5) is 0 Å². The predicted molar refractivity (Wildman–Crippen MR) is 53.4 cm³/mol. The second-order valence-corrected chi connectivity index (χ2v) is 3.35. The average molecular weight is 191 g/mol. The first kappa shape index (κ1) is 8.96. The van der Waals surface area contributed by atoms with Crippen molar-refractivity contribution >= 4 is 0 Å². The van der Waals surface area contributed by atoms with Crippen LogP contribution in [0, 0.1) is 0 Å². The smallest absolute Gasteiger partial charge is 0.158 e. The highest BCUT2D eigenvalue weighted by Gasteiger charge is 2.07. The molecule has 0 aromatic carbocycles. The number of imidazole rings is 1.